The zero-order valence-electron chi connectivity index (χ0n) is 27.2. The van der Waals surface area contributed by atoms with Crippen molar-refractivity contribution in [1.29, 1.82) is 0 Å². The maximum Gasteiger partial charge on any atom is 0.142 e. The van der Waals surface area contributed by atoms with Crippen LogP contribution in [0.25, 0.3) is 22.1 Å². The fourth-order valence-electron chi connectivity index (χ4n) is 7.53. The molecule has 2 aliphatic rings. The summed E-state index contributed by atoms with van der Waals surface area (Å²) in [4.78, 5) is 29.1. The normalized spacial score (nSPS) is 17.5. The smallest absolute Gasteiger partial charge is 0.142 e. The van der Waals surface area contributed by atoms with Crippen LogP contribution in [0.4, 0.5) is 16.0 Å². The molecule has 0 saturated carbocycles. The molecule has 2 aliphatic heterocycles. The first kappa shape index (κ1) is 33.2. The fourth-order valence-corrected chi connectivity index (χ4v) is 8.24. The third kappa shape index (κ3) is 6.60. The minimum absolute atomic E-state index is 0.348. The average Bonchev–Trinajstić information content (AvgIpc) is 3.81. The summed E-state index contributed by atoms with van der Waals surface area (Å²) in [7, 11) is 0. The van der Waals surface area contributed by atoms with Crippen LogP contribution in [0.1, 0.15) is 36.8 Å². The Morgan fingerprint density at radius 3 is 1.60 bits per heavy atom. The van der Waals surface area contributed by atoms with Crippen LogP contribution < -0.4 is 20.7 Å². The predicted molar refractivity (Wildman–Crippen MR) is 198 cm³/mol. The van der Waals surface area contributed by atoms with Crippen LogP contribution in [0.5, 0.6) is 0 Å². The third-order valence-corrected chi connectivity index (χ3v) is 11.3. The molecule has 10 nitrogen and oxygen atoms in total. The molecule has 14 heteroatoms. The van der Waals surface area contributed by atoms with Gasteiger partial charge in [0.2, 0.25) is 0 Å². The molecular formula is C36H36Cl3FN10. The van der Waals surface area contributed by atoms with Gasteiger partial charge in [-0.15, -0.1) is 0 Å². The predicted octanol–water partition coefficient (Wildman–Crippen LogP) is 7.29. The van der Waals surface area contributed by atoms with E-state index in [2.05, 4.69) is 50.6 Å². The minimum Gasteiger partial charge on any atom is -0.356 e. The minimum atomic E-state index is -0.389. The van der Waals surface area contributed by atoms with Gasteiger partial charge in [0.15, 0.2) is 0 Å². The third-order valence-electron chi connectivity index (χ3n) is 10.4. The molecule has 0 amide bonds. The number of H-pyrrole nitrogens is 2. The van der Waals surface area contributed by atoms with Gasteiger partial charge in [-0.3, -0.25) is 10.9 Å². The molecule has 0 atom stereocenters. The van der Waals surface area contributed by atoms with Crippen LogP contribution in [0.2, 0.25) is 15.1 Å². The monoisotopic (exact) mass is 732 g/mol. The first-order valence-electron chi connectivity index (χ1n) is 16.8. The summed E-state index contributed by atoms with van der Waals surface area (Å²) in [5.41, 5.74) is 10.6. The molecule has 2 saturated heterocycles. The molecular weight excluding hydrogens is 698 g/mol. The zero-order chi connectivity index (χ0) is 34.3. The standard InChI is InChI=1S/C36H36Cl3FN10/c37-25-3-1-23(29(38)17-25)19-35(7-13-49(14-8-35)33-27-5-11-41-31(27)43-21-45-33)47-48-36(20-24-2-4-26(40)18-30(24)39)9-15-50(16-10-36)34-28-6-12-42-32(28)44-22-46-34/h1-6,11-12,17-18,21-22,47-48H,7-10,13-16,19-20H2,(H,41,43,45)(H,42,44,46). The summed E-state index contributed by atoms with van der Waals surface area (Å²) < 4.78 is 14.1. The molecule has 0 radical (unpaired) electrons. The van der Waals surface area contributed by atoms with Gasteiger partial charge < -0.3 is 19.8 Å². The second-order valence-corrected chi connectivity index (χ2v) is 14.7. The van der Waals surface area contributed by atoms with E-state index in [0.717, 1.165) is 96.7 Å². The Morgan fingerprint density at radius 2 is 1.12 bits per heavy atom. The van der Waals surface area contributed by atoms with Gasteiger partial charge in [-0.1, -0.05) is 46.9 Å². The van der Waals surface area contributed by atoms with E-state index < -0.39 is 0 Å². The number of hydrogen-bond acceptors (Lipinski definition) is 8. The van der Waals surface area contributed by atoms with Crippen LogP contribution in [0.15, 0.2) is 73.6 Å². The van der Waals surface area contributed by atoms with Crippen molar-refractivity contribution in [3.05, 3.63) is 106 Å². The molecule has 50 heavy (non-hydrogen) atoms. The van der Waals surface area contributed by atoms with Crippen molar-refractivity contribution in [3.63, 3.8) is 0 Å². The largest absolute Gasteiger partial charge is 0.356 e. The first-order valence-corrected chi connectivity index (χ1v) is 17.9. The van der Waals surface area contributed by atoms with Gasteiger partial charge in [0, 0.05) is 64.7 Å². The Kier molecular flexibility index (Phi) is 9.03. The number of nitrogens with one attached hydrogen (secondary N) is 4. The zero-order valence-corrected chi connectivity index (χ0v) is 29.5. The maximum absolute atomic E-state index is 14.1. The number of nitrogens with zero attached hydrogens (tertiary/aromatic N) is 6. The maximum atomic E-state index is 14.1. The molecule has 6 aromatic rings. The molecule has 258 valence electrons. The number of hydrazine groups is 1. The van der Waals surface area contributed by atoms with Gasteiger partial charge in [0.05, 0.1) is 10.8 Å². The average molecular weight is 734 g/mol. The number of rotatable bonds is 9. The van der Waals surface area contributed by atoms with E-state index >= 15 is 0 Å². The Bertz CT molecular complexity index is 1980. The summed E-state index contributed by atoms with van der Waals surface area (Å²) in [6.07, 6.45) is 11.5. The highest BCUT2D eigenvalue weighted by molar-refractivity contribution is 6.35. The van der Waals surface area contributed by atoms with Gasteiger partial charge in [0.25, 0.3) is 0 Å². The number of aromatic amines is 2. The number of anilines is 2. The first-order chi connectivity index (χ1) is 24.3. The van der Waals surface area contributed by atoms with E-state index in [9.17, 15) is 4.39 Å². The van der Waals surface area contributed by atoms with E-state index in [-0.39, 0.29) is 16.9 Å². The van der Waals surface area contributed by atoms with Crippen molar-refractivity contribution in [2.24, 2.45) is 0 Å². The van der Waals surface area contributed by atoms with E-state index in [1.54, 1.807) is 24.8 Å². The van der Waals surface area contributed by atoms with Gasteiger partial charge in [-0.25, -0.2) is 24.3 Å². The van der Waals surface area contributed by atoms with Crippen molar-refractivity contribution in [3.8, 4) is 0 Å². The van der Waals surface area contributed by atoms with E-state index in [0.29, 0.717) is 27.9 Å². The highest BCUT2D eigenvalue weighted by Crippen LogP contribution is 2.36. The van der Waals surface area contributed by atoms with Crippen molar-refractivity contribution < 1.29 is 4.39 Å². The highest BCUT2D eigenvalue weighted by Gasteiger charge is 2.41. The summed E-state index contributed by atoms with van der Waals surface area (Å²) in [5.74, 6) is 1.50. The molecule has 0 bridgehead atoms. The number of hydrogen-bond donors (Lipinski definition) is 4. The molecule has 2 fully saturated rings. The lowest BCUT2D eigenvalue weighted by Crippen LogP contribution is -2.67. The van der Waals surface area contributed by atoms with Crippen LogP contribution in [-0.2, 0) is 12.8 Å². The molecule has 6 heterocycles. The molecule has 0 spiro atoms. The molecule has 0 unspecified atom stereocenters. The van der Waals surface area contributed by atoms with Crippen LogP contribution in [0, 0.1) is 5.82 Å². The van der Waals surface area contributed by atoms with Crippen molar-refractivity contribution in [2.75, 3.05) is 36.0 Å². The van der Waals surface area contributed by atoms with Gasteiger partial charge in [-0.2, -0.15) is 0 Å². The molecule has 8 rings (SSSR count). The van der Waals surface area contributed by atoms with Gasteiger partial charge in [0.1, 0.15) is 41.4 Å². The molecule has 4 aromatic heterocycles. The Morgan fingerprint density at radius 1 is 0.640 bits per heavy atom. The summed E-state index contributed by atoms with van der Waals surface area (Å²) in [6, 6.07) is 14.4. The molecule has 4 N–H and O–H groups in total. The van der Waals surface area contributed by atoms with E-state index in [1.807, 2.05) is 36.7 Å². The molecule has 2 aromatic carbocycles. The number of halogens is 4. The summed E-state index contributed by atoms with van der Waals surface area (Å²) >= 11 is 19.7. The Balaban J connectivity index is 1.08. The molecule has 0 aliphatic carbocycles. The van der Waals surface area contributed by atoms with E-state index in [1.165, 1.54) is 12.1 Å². The lowest BCUT2D eigenvalue weighted by molar-refractivity contribution is 0.145. The highest BCUT2D eigenvalue weighted by atomic mass is 35.5. The number of benzene rings is 2. The SMILES string of the molecule is Fc1ccc(CC2(NNC3(Cc4ccc(Cl)cc4Cl)CCN(c4ncnc5[nH]ccc45)CC3)CCN(c3ncnc4[nH]ccc34)CC2)c(Cl)c1. The van der Waals surface area contributed by atoms with E-state index in [4.69, 9.17) is 34.8 Å². The quantitative estimate of drug-likeness (QED) is 0.115. The van der Waals surface area contributed by atoms with Gasteiger partial charge in [-0.05, 0) is 86.1 Å². The van der Waals surface area contributed by atoms with Crippen molar-refractivity contribution in [1.82, 2.24) is 40.8 Å². The Hall–Kier alpha value is -4.00. The topological polar surface area (TPSA) is 114 Å². The van der Waals surface area contributed by atoms with Crippen LogP contribution in [0.3, 0.4) is 0 Å². The Labute approximate surface area is 303 Å². The van der Waals surface area contributed by atoms with Crippen molar-refractivity contribution in [2.45, 2.75) is 49.6 Å². The summed E-state index contributed by atoms with van der Waals surface area (Å²) in [6.45, 7) is 3.08. The fraction of sp³-hybridized carbons (Fsp3) is 0.333. The number of piperidine rings is 2. The second kappa shape index (κ2) is 13.6. The van der Waals surface area contributed by atoms with Crippen molar-refractivity contribution >= 4 is 68.5 Å². The lowest BCUT2D eigenvalue weighted by atomic mass is 9.80. The second-order valence-electron chi connectivity index (χ2n) is 13.5. The number of fused-ring (bicyclic) bond motifs is 2. The van der Waals surface area contributed by atoms with Gasteiger partial charge >= 0.3 is 0 Å². The van der Waals surface area contributed by atoms with Crippen LogP contribution in [-0.4, -0.2) is 67.2 Å². The summed E-state index contributed by atoms with van der Waals surface area (Å²) in [5, 5.41) is 3.69. The van der Waals surface area contributed by atoms with Crippen LogP contribution >= 0.6 is 34.8 Å². The number of aromatic nitrogens is 6. The lowest BCUT2D eigenvalue weighted by Gasteiger charge is -2.48.